The lowest BCUT2D eigenvalue weighted by Crippen LogP contribution is -2.21. The Labute approximate surface area is 179 Å². The molecule has 3 rings (SSSR count). The monoisotopic (exact) mass is 414 g/mol. The Morgan fingerprint density at radius 1 is 1.23 bits per heavy atom. The van der Waals surface area contributed by atoms with Gasteiger partial charge in [-0.2, -0.15) is 15.8 Å². The molecule has 0 atom stereocenters. The van der Waals surface area contributed by atoms with Crippen molar-refractivity contribution in [3.05, 3.63) is 75.7 Å². The van der Waals surface area contributed by atoms with Crippen molar-refractivity contribution in [2.75, 3.05) is 18.1 Å². The highest BCUT2D eigenvalue weighted by atomic mass is 32.2. The molecule has 0 bridgehead atoms. The number of ether oxygens (including phenoxy) is 1. The third-order valence-corrected chi connectivity index (χ3v) is 5.66. The minimum Gasteiger partial charge on any atom is -0.480 e. The third-order valence-electron chi connectivity index (χ3n) is 4.56. The zero-order chi connectivity index (χ0) is 21.7. The summed E-state index contributed by atoms with van der Waals surface area (Å²) in [6, 6.07) is 13.6. The number of β-amino-alcohol motifs (C(OH)–C–C–N with tert-alkyl or cyclic N) is 1. The summed E-state index contributed by atoms with van der Waals surface area (Å²) in [5.41, 5.74) is 3.95. The number of rotatable bonds is 4. The molecule has 0 unspecified atom stereocenters. The van der Waals surface area contributed by atoms with Crippen LogP contribution < -0.4 is 4.90 Å². The zero-order valence-corrected chi connectivity index (χ0v) is 17.3. The van der Waals surface area contributed by atoms with Crippen molar-refractivity contribution < 1.29 is 9.84 Å². The van der Waals surface area contributed by atoms with Crippen molar-refractivity contribution >= 4 is 17.4 Å². The molecule has 7 heteroatoms. The van der Waals surface area contributed by atoms with E-state index in [1.165, 1.54) is 0 Å². The molecule has 1 aromatic carbocycles. The Balaban J connectivity index is 1.96. The quantitative estimate of drug-likeness (QED) is 0.450. The highest BCUT2D eigenvalue weighted by Gasteiger charge is 2.38. The van der Waals surface area contributed by atoms with Crippen LogP contribution in [0.4, 0.5) is 5.69 Å². The first kappa shape index (κ1) is 21.1. The molecule has 0 spiro atoms. The second-order valence-corrected chi connectivity index (χ2v) is 7.89. The topological polar surface area (TPSA) is 104 Å². The van der Waals surface area contributed by atoms with Crippen LogP contribution in [0.25, 0.3) is 0 Å². The van der Waals surface area contributed by atoms with Gasteiger partial charge in [0.25, 0.3) is 0 Å². The molecule has 148 valence electrons. The van der Waals surface area contributed by atoms with Crippen LogP contribution in [0.2, 0.25) is 0 Å². The van der Waals surface area contributed by atoms with Gasteiger partial charge < -0.3 is 14.7 Å². The normalized spacial score (nSPS) is 16.5. The predicted octanol–water partition coefficient (Wildman–Crippen LogP) is 4.07. The molecule has 1 aromatic rings. The van der Waals surface area contributed by atoms with E-state index in [0.717, 1.165) is 15.6 Å². The number of hydrogen-bond acceptors (Lipinski definition) is 7. The largest absolute Gasteiger partial charge is 0.480 e. The van der Waals surface area contributed by atoms with Crippen LogP contribution in [-0.2, 0) is 4.74 Å². The van der Waals surface area contributed by atoms with Crippen molar-refractivity contribution in [3.8, 4) is 18.2 Å². The first-order valence-corrected chi connectivity index (χ1v) is 9.95. The lowest BCUT2D eigenvalue weighted by Gasteiger charge is -2.20. The van der Waals surface area contributed by atoms with Gasteiger partial charge in [0.15, 0.2) is 11.3 Å². The number of aliphatic hydroxyl groups is 1. The van der Waals surface area contributed by atoms with E-state index in [1.807, 2.05) is 29.2 Å². The number of fused-ring (bicyclic) bond motifs is 1. The molecule has 0 saturated heterocycles. The van der Waals surface area contributed by atoms with Crippen molar-refractivity contribution in [1.82, 2.24) is 0 Å². The molecule has 0 saturated carbocycles. The molecule has 30 heavy (non-hydrogen) atoms. The van der Waals surface area contributed by atoms with E-state index in [0.29, 0.717) is 12.1 Å². The SMILES string of the molecule is CC1(C)OC(=C(C#N)C#N)C(C#N)=C1C=CC=C=C1Sc2ccccc2N1CCO. The van der Waals surface area contributed by atoms with Gasteiger partial charge in [0.1, 0.15) is 34.4 Å². The minimum atomic E-state index is -0.849. The maximum absolute atomic E-state index is 9.56. The Kier molecular flexibility index (Phi) is 6.17. The fourth-order valence-electron chi connectivity index (χ4n) is 3.21. The van der Waals surface area contributed by atoms with Gasteiger partial charge in [-0.3, -0.25) is 0 Å². The zero-order valence-electron chi connectivity index (χ0n) is 16.5. The molecule has 2 heterocycles. The third kappa shape index (κ3) is 3.90. The fourth-order valence-corrected chi connectivity index (χ4v) is 4.27. The van der Waals surface area contributed by atoms with Crippen molar-refractivity contribution in [2.45, 2.75) is 24.3 Å². The van der Waals surface area contributed by atoms with Crippen LogP contribution in [0.5, 0.6) is 0 Å². The van der Waals surface area contributed by atoms with E-state index < -0.39 is 5.60 Å². The van der Waals surface area contributed by atoms with Gasteiger partial charge in [-0.1, -0.05) is 41.8 Å². The Bertz CT molecular complexity index is 1150. The van der Waals surface area contributed by atoms with E-state index >= 15 is 0 Å². The number of nitriles is 3. The number of para-hydroxylation sites is 1. The highest BCUT2D eigenvalue weighted by molar-refractivity contribution is 8.03. The predicted molar refractivity (Wildman–Crippen MR) is 114 cm³/mol. The Hall–Kier alpha value is -3.66. The molecule has 6 nitrogen and oxygen atoms in total. The summed E-state index contributed by atoms with van der Waals surface area (Å²) in [6.07, 6.45) is 5.20. The van der Waals surface area contributed by atoms with E-state index in [2.05, 4.69) is 11.8 Å². The Morgan fingerprint density at radius 3 is 2.63 bits per heavy atom. The number of anilines is 1. The highest BCUT2D eigenvalue weighted by Crippen LogP contribution is 2.45. The van der Waals surface area contributed by atoms with Gasteiger partial charge in [0, 0.05) is 17.0 Å². The number of aliphatic hydroxyl groups excluding tert-OH is 1. The van der Waals surface area contributed by atoms with Crippen molar-refractivity contribution in [1.29, 1.82) is 15.8 Å². The van der Waals surface area contributed by atoms with E-state index in [1.54, 1.807) is 56.0 Å². The molecule has 0 aromatic heterocycles. The number of nitrogens with zero attached hydrogens (tertiary/aromatic N) is 4. The van der Waals surface area contributed by atoms with Crippen LogP contribution in [-0.4, -0.2) is 23.9 Å². The van der Waals surface area contributed by atoms with Gasteiger partial charge in [0.05, 0.1) is 12.3 Å². The minimum absolute atomic E-state index is 0.0189. The standard InChI is InChI=1S/C23H18N4O2S/c1-23(2)18(17(15-26)22(29-23)16(13-24)14-25)7-3-6-10-21-27(11-12-28)19-8-4-5-9-20(19)30-21/h3-9,28H,11-12H2,1-2H3. The van der Waals surface area contributed by atoms with Gasteiger partial charge in [0.2, 0.25) is 0 Å². The van der Waals surface area contributed by atoms with E-state index in [9.17, 15) is 10.4 Å². The molecule has 0 fully saturated rings. The van der Waals surface area contributed by atoms with Crippen LogP contribution in [0.1, 0.15) is 13.8 Å². The smallest absolute Gasteiger partial charge is 0.172 e. The van der Waals surface area contributed by atoms with Crippen LogP contribution in [0, 0.1) is 34.0 Å². The molecular weight excluding hydrogens is 396 g/mol. The summed E-state index contributed by atoms with van der Waals surface area (Å²) < 4.78 is 5.74. The van der Waals surface area contributed by atoms with Gasteiger partial charge in [-0.25, -0.2) is 0 Å². The maximum Gasteiger partial charge on any atom is 0.172 e. The number of benzene rings is 1. The van der Waals surface area contributed by atoms with Gasteiger partial charge in [-0.05, 0) is 32.1 Å². The van der Waals surface area contributed by atoms with Gasteiger partial charge >= 0.3 is 0 Å². The summed E-state index contributed by atoms with van der Waals surface area (Å²) in [7, 11) is 0. The second-order valence-electron chi connectivity index (χ2n) is 6.86. The van der Waals surface area contributed by atoms with Crippen molar-refractivity contribution in [3.63, 3.8) is 0 Å². The summed E-state index contributed by atoms with van der Waals surface area (Å²) in [6.45, 7) is 4.04. The fraction of sp³-hybridized carbons (Fsp3) is 0.217. The molecule has 2 aliphatic rings. The second kappa shape index (κ2) is 8.78. The molecule has 2 aliphatic heterocycles. The molecular formula is C23H18N4O2S. The number of thioether (sulfide) groups is 1. The lowest BCUT2D eigenvalue weighted by atomic mass is 9.95. The van der Waals surface area contributed by atoms with Crippen molar-refractivity contribution in [2.24, 2.45) is 0 Å². The molecule has 0 aliphatic carbocycles. The first-order chi connectivity index (χ1) is 14.5. The first-order valence-electron chi connectivity index (χ1n) is 9.14. The lowest BCUT2D eigenvalue weighted by molar-refractivity contribution is 0.0954. The Morgan fingerprint density at radius 2 is 1.97 bits per heavy atom. The van der Waals surface area contributed by atoms with Crippen LogP contribution >= 0.6 is 11.8 Å². The van der Waals surface area contributed by atoms with Crippen LogP contribution in [0.15, 0.2) is 80.6 Å². The van der Waals surface area contributed by atoms with Crippen LogP contribution in [0.3, 0.4) is 0 Å². The molecule has 1 N–H and O–H groups in total. The molecule has 0 amide bonds. The molecule has 0 radical (unpaired) electrons. The summed E-state index contributed by atoms with van der Waals surface area (Å²) in [5, 5.41) is 38.1. The average Bonchev–Trinajstić information content (AvgIpc) is 3.20. The summed E-state index contributed by atoms with van der Waals surface area (Å²) in [4.78, 5) is 3.10. The average molecular weight is 414 g/mol. The van der Waals surface area contributed by atoms with E-state index in [4.69, 9.17) is 15.3 Å². The summed E-state index contributed by atoms with van der Waals surface area (Å²) >= 11 is 1.57. The van der Waals surface area contributed by atoms with E-state index in [-0.39, 0.29) is 23.5 Å². The van der Waals surface area contributed by atoms with Gasteiger partial charge in [-0.15, -0.1) is 0 Å². The summed E-state index contributed by atoms with van der Waals surface area (Å²) in [5.74, 6) is 0.0189. The number of allylic oxidation sites excluding steroid dienone is 4. The number of hydrogen-bond donors (Lipinski definition) is 1. The maximum atomic E-state index is 9.56.